The quantitative estimate of drug-likeness (QED) is 0.797. The first-order valence-electron chi connectivity index (χ1n) is 7.37. The van der Waals surface area contributed by atoms with E-state index in [9.17, 15) is 0 Å². The summed E-state index contributed by atoms with van der Waals surface area (Å²) >= 11 is 0. The predicted molar refractivity (Wildman–Crippen MR) is 81.5 cm³/mol. The van der Waals surface area contributed by atoms with Crippen LogP contribution >= 0.6 is 0 Å². The van der Waals surface area contributed by atoms with Crippen molar-refractivity contribution < 1.29 is 18.9 Å². The van der Waals surface area contributed by atoms with Crippen molar-refractivity contribution in [3.05, 3.63) is 18.2 Å². The van der Waals surface area contributed by atoms with Crippen molar-refractivity contribution in [3.8, 4) is 17.2 Å². The molecule has 3 unspecified atom stereocenters. The molecular formula is C16H25NO4. The molecule has 0 aliphatic heterocycles. The first-order chi connectivity index (χ1) is 10.2. The molecule has 1 N–H and O–H groups in total. The fourth-order valence-electron chi connectivity index (χ4n) is 2.57. The minimum Gasteiger partial charge on any atom is -0.496 e. The zero-order chi connectivity index (χ0) is 15.2. The maximum Gasteiger partial charge on any atom is 0.128 e. The van der Waals surface area contributed by atoms with Gasteiger partial charge in [-0.2, -0.15) is 0 Å². The summed E-state index contributed by atoms with van der Waals surface area (Å²) in [4.78, 5) is 0. The van der Waals surface area contributed by atoms with Crippen molar-refractivity contribution in [1.82, 2.24) is 5.32 Å². The Morgan fingerprint density at radius 2 is 1.67 bits per heavy atom. The van der Waals surface area contributed by atoms with Crippen LogP contribution in [-0.4, -0.2) is 46.1 Å². The molecule has 1 fully saturated rings. The van der Waals surface area contributed by atoms with Gasteiger partial charge in [-0.15, -0.1) is 0 Å². The molecule has 0 heterocycles. The average molecular weight is 295 g/mol. The van der Waals surface area contributed by atoms with Gasteiger partial charge in [0.1, 0.15) is 29.5 Å². The smallest absolute Gasteiger partial charge is 0.128 e. The van der Waals surface area contributed by atoms with Gasteiger partial charge in [0.05, 0.1) is 14.2 Å². The Kier molecular flexibility index (Phi) is 5.70. The van der Waals surface area contributed by atoms with Gasteiger partial charge in [-0.05, 0) is 13.0 Å². The van der Waals surface area contributed by atoms with E-state index in [0.717, 1.165) is 36.6 Å². The van der Waals surface area contributed by atoms with Crippen LogP contribution < -0.4 is 19.5 Å². The molecule has 1 aliphatic carbocycles. The lowest BCUT2D eigenvalue weighted by molar-refractivity contribution is -0.0887. The molecule has 1 saturated carbocycles. The van der Waals surface area contributed by atoms with Crippen molar-refractivity contribution in [2.24, 2.45) is 0 Å². The Morgan fingerprint density at radius 3 is 2.19 bits per heavy atom. The van der Waals surface area contributed by atoms with E-state index < -0.39 is 0 Å². The molecule has 118 valence electrons. The highest BCUT2D eigenvalue weighted by Crippen LogP contribution is 2.33. The molecule has 0 bridgehead atoms. The van der Waals surface area contributed by atoms with E-state index in [4.69, 9.17) is 18.9 Å². The largest absolute Gasteiger partial charge is 0.496 e. The number of nitrogens with one attached hydrogen (secondary N) is 1. The summed E-state index contributed by atoms with van der Waals surface area (Å²) in [5.41, 5.74) is 0. The van der Waals surface area contributed by atoms with Crippen molar-refractivity contribution in [2.45, 2.75) is 38.0 Å². The third kappa shape index (κ3) is 3.80. The molecule has 0 spiro atoms. The number of methoxy groups -OCH3 is 3. The number of rotatable bonds is 8. The highest BCUT2D eigenvalue weighted by Gasteiger charge is 2.42. The van der Waals surface area contributed by atoms with Crippen molar-refractivity contribution in [1.29, 1.82) is 0 Å². The molecule has 2 rings (SSSR count). The van der Waals surface area contributed by atoms with Gasteiger partial charge >= 0.3 is 0 Å². The highest BCUT2D eigenvalue weighted by molar-refractivity contribution is 5.42. The number of hydrogen-bond donors (Lipinski definition) is 1. The van der Waals surface area contributed by atoms with Crippen LogP contribution in [0.3, 0.4) is 0 Å². The van der Waals surface area contributed by atoms with Crippen LogP contribution in [-0.2, 0) is 4.74 Å². The van der Waals surface area contributed by atoms with Gasteiger partial charge in [0, 0.05) is 37.8 Å². The van der Waals surface area contributed by atoms with Gasteiger partial charge in [0.15, 0.2) is 0 Å². The minimum atomic E-state index is 0.0566. The summed E-state index contributed by atoms with van der Waals surface area (Å²) in [7, 11) is 4.99. The van der Waals surface area contributed by atoms with Crippen LogP contribution in [0.5, 0.6) is 17.2 Å². The van der Waals surface area contributed by atoms with E-state index in [2.05, 4.69) is 12.2 Å². The second-order valence-electron chi connectivity index (χ2n) is 5.20. The van der Waals surface area contributed by atoms with Crippen molar-refractivity contribution in [3.63, 3.8) is 0 Å². The van der Waals surface area contributed by atoms with Crippen LogP contribution in [0, 0.1) is 0 Å². The Labute approximate surface area is 126 Å². The highest BCUT2D eigenvalue weighted by atomic mass is 16.5. The normalized spacial score (nSPS) is 24.3. The van der Waals surface area contributed by atoms with Crippen molar-refractivity contribution >= 4 is 0 Å². The van der Waals surface area contributed by atoms with Gasteiger partial charge in [-0.25, -0.2) is 0 Å². The first kappa shape index (κ1) is 15.9. The second kappa shape index (κ2) is 7.52. The summed E-state index contributed by atoms with van der Waals surface area (Å²) in [6, 6.07) is 5.92. The lowest BCUT2D eigenvalue weighted by atomic mass is 9.85. The van der Waals surface area contributed by atoms with E-state index in [0.29, 0.717) is 6.04 Å². The Hall–Kier alpha value is -1.46. The van der Waals surface area contributed by atoms with E-state index >= 15 is 0 Å². The molecule has 21 heavy (non-hydrogen) atoms. The zero-order valence-electron chi connectivity index (χ0n) is 13.2. The van der Waals surface area contributed by atoms with Gasteiger partial charge in [0.25, 0.3) is 0 Å². The average Bonchev–Trinajstić information content (AvgIpc) is 2.50. The Morgan fingerprint density at radius 1 is 1.05 bits per heavy atom. The third-order valence-electron chi connectivity index (χ3n) is 3.79. The summed E-state index contributed by atoms with van der Waals surface area (Å²) in [5, 5.41) is 3.48. The maximum absolute atomic E-state index is 6.02. The van der Waals surface area contributed by atoms with Crippen LogP contribution in [0.4, 0.5) is 0 Å². The standard InChI is InChI=1S/C16H25NO4/c1-5-6-17-14-10-15(16(14)20-4)21-13-8-11(18-2)7-12(9-13)19-3/h7-9,14-17H,5-6,10H2,1-4H3. The van der Waals surface area contributed by atoms with Gasteiger partial charge in [-0.3, -0.25) is 0 Å². The topological polar surface area (TPSA) is 49.0 Å². The molecule has 5 nitrogen and oxygen atoms in total. The Balaban J connectivity index is 1.98. The molecule has 0 aromatic heterocycles. The van der Waals surface area contributed by atoms with Crippen LogP contribution in [0.15, 0.2) is 18.2 Å². The lowest BCUT2D eigenvalue weighted by Gasteiger charge is -2.43. The van der Waals surface area contributed by atoms with Crippen LogP contribution in [0.2, 0.25) is 0 Å². The maximum atomic E-state index is 6.02. The van der Waals surface area contributed by atoms with E-state index in [1.165, 1.54) is 0 Å². The fraction of sp³-hybridized carbons (Fsp3) is 0.625. The van der Waals surface area contributed by atoms with E-state index in [1.54, 1.807) is 21.3 Å². The van der Waals surface area contributed by atoms with E-state index in [-0.39, 0.29) is 12.2 Å². The van der Waals surface area contributed by atoms with Gasteiger partial charge in [-0.1, -0.05) is 6.92 Å². The number of benzene rings is 1. The van der Waals surface area contributed by atoms with Gasteiger partial charge < -0.3 is 24.3 Å². The summed E-state index contributed by atoms with van der Waals surface area (Å²) < 4.78 is 22.1. The molecule has 1 aromatic carbocycles. The molecule has 5 heteroatoms. The Bertz CT molecular complexity index is 430. The van der Waals surface area contributed by atoms with Crippen molar-refractivity contribution in [2.75, 3.05) is 27.9 Å². The third-order valence-corrected chi connectivity index (χ3v) is 3.79. The predicted octanol–water partition coefficient (Wildman–Crippen LogP) is 2.24. The van der Waals surface area contributed by atoms with Gasteiger partial charge in [0.2, 0.25) is 0 Å². The van der Waals surface area contributed by atoms with Crippen LogP contribution in [0.25, 0.3) is 0 Å². The minimum absolute atomic E-state index is 0.0566. The summed E-state index contributed by atoms with van der Waals surface area (Å²) in [6.45, 7) is 3.16. The monoisotopic (exact) mass is 295 g/mol. The molecule has 1 aliphatic rings. The van der Waals surface area contributed by atoms with Crippen LogP contribution in [0.1, 0.15) is 19.8 Å². The summed E-state index contributed by atoms with van der Waals surface area (Å²) in [6.07, 6.45) is 2.19. The fourth-order valence-corrected chi connectivity index (χ4v) is 2.57. The summed E-state index contributed by atoms with van der Waals surface area (Å²) in [5.74, 6) is 2.18. The molecular weight excluding hydrogens is 270 g/mol. The second-order valence-corrected chi connectivity index (χ2v) is 5.20. The first-order valence-corrected chi connectivity index (χ1v) is 7.37. The van der Waals surface area contributed by atoms with E-state index in [1.807, 2.05) is 18.2 Å². The molecule has 0 radical (unpaired) electrons. The molecule has 0 saturated heterocycles. The number of ether oxygens (including phenoxy) is 4. The molecule has 1 aromatic rings. The zero-order valence-corrected chi connectivity index (χ0v) is 13.2. The lowest BCUT2D eigenvalue weighted by Crippen LogP contribution is -2.61. The SMILES string of the molecule is CCCNC1CC(Oc2cc(OC)cc(OC)c2)C1OC. The number of hydrogen-bond acceptors (Lipinski definition) is 5. The molecule has 3 atom stereocenters. The molecule has 0 amide bonds.